The first-order valence-electron chi connectivity index (χ1n) is 8.79. The van der Waals surface area contributed by atoms with Crippen molar-refractivity contribution in [3.63, 3.8) is 0 Å². The largest absolute Gasteiger partial charge is 0.456 e. The fraction of sp³-hybridized carbons (Fsp3) is 0.667. The molecule has 2 aliphatic heterocycles. The third kappa shape index (κ3) is 4.05. The number of amides is 1. The van der Waals surface area contributed by atoms with E-state index in [9.17, 15) is 14.7 Å². The van der Waals surface area contributed by atoms with Gasteiger partial charge in [-0.2, -0.15) is 0 Å². The lowest BCUT2D eigenvalue weighted by molar-refractivity contribution is 0.0435. The highest BCUT2D eigenvalue weighted by molar-refractivity contribution is 5.91. The van der Waals surface area contributed by atoms with Gasteiger partial charge in [-0.15, -0.1) is 0 Å². The van der Waals surface area contributed by atoms with E-state index < -0.39 is 0 Å². The second-order valence-electron chi connectivity index (χ2n) is 7.14. The van der Waals surface area contributed by atoms with Gasteiger partial charge in [-0.3, -0.25) is 9.59 Å². The predicted octanol–water partition coefficient (Wildman–Crippen LogP) is 1.11. The Hall–Kier alpha value is -1.66. The Kier molecular flexibility index (Phi) is 5.36. The normalized spacial score (nSPS) is 25.2. The zero-order valence-electron chi connectivity index (χ0n) is 14.2. The molecule has 1 amide bonds. The van der Waals surface area contributed by atoms with Crippen molar-refractivity contribution in [3.05, 3.63) is 33.9 Å². The molecule has 0 aromatic carbocycles. The third-order valence-electron chi connectivity index (χ3n) is 4.98. The number of hydrogen-bond donors (Lipinski definition) is 1. The van der Waals surface area contributed by atoms with Crippen LogP contribution in [-0.2, 0) is 0 Å². The van der Waals surface area contributed by atoms with Crippen molar-refractivity contribution in [1.29, 1.82) is 0 Å². The summed E-state index contributed by atoms with van der Waals surface area (Å²) in [5.74, 6) is 0.732. The molecule has 1 N–H and O–H groups in total. The van der Waals surface area contributed by atoms with E-state index in [0.29, 0.717) is 24.8 Å². The highest BCUT2D eigenvalue weighted by Gasteiger charge is 2.32. The summed E-state index contributed by atoms with van der Waals surface area (Å²) in [5.41, 5.74) is -0.216. The lowest BCUT2D eigenvalue weighted by atomic mass is 9.89. The van der Waals surface area contributed by atoms with Crippen molar-refractivity contribution in [2.45, 2.75) is 26.2 Å². The van der Waals surface area contributed by atoms with Gasteiger partial charge in [-0.1, -0.05) is 0 Å². The molecular formula is C18H26N2O4. The van der Waals surface area contributed by atoms with Gasteiger partial charge in [0.05, 0.1) is 0 Å². The molecule has 2 atom stereocenters. The van der Waals surface area contributed by atoms with Crippen LogP contribution in [0.2, 0.25) is 0 Å². The van der Waals surface area contributed by atoms with Crippen LogP contribution < -0.4 is 5.43 Å². The summed E-state index contributed by atoms with van der Waals surface area (Å²) in [6.45, 7) is 6.14. The lowest BCUT2D eigenvalue weighted by Gasteiger charge is -2.38. The maximum absolute atomic E-state index is 12.7. The van der Waals surface area contributed by atoms with Gasteiger partial charge >= 0.3 is 0 Å². The van der Waals surface area contributed by atoms with Crippen LogP contribution in [-0.4, -0.2) is 60.1 Å². The van der Waals surface area contributed by atoms with Crippen molar-refractivity contribution in [2.75, 3.05) is 39.3 Å². The number of carbonyl (C=O) groups excluding carboxylic acids is 1. The molecule has 6 heteroatoms. The van der Waals surface area contributed by atoms with Crippen molar-refractivity contribution >= 4 is 5.91 Å². The number of aryl methyl sites for hydroxylation is 1. The summed E-state index contributed by atoms with van der Waals surface area (Å²) in [7, 11) is 0. The van der Waals surface area contributed by atoms with E-state index in [1.54, 1.807) is 11.8 Å². The maximum Gasteiger partial charge on any atom is 0.289 e. The van der Waals surface area contributed by atoms with Crippen molar-refractivity contribution < 1.29 is 14.3 Å². The van der Waals surface area contributed by atoms with Gasteiger partial charge in [0, 0.05) is 38.4 Å². The van der Waals surface area contributed by atoms with E-state index in [2.05, 4.69) is 4.90 Å². The molecule has 0 saturated carbocycles. The number of piperidine rings is 1. The Morgan fingerprint density at radius 2 is 1.96 bits per heavy atom. The van der Waals surface area contributed by atoms with Gasteiger partial charge in [0.15, 0.2) is 11.2 Å². The summed E-state index contributed by atoms with van der Waals surface area (Å²) in [4.78, 5) is 28.6. The van der Waals surface area contributed by atoms with Crippen LogP contribution in [0.1, 0.15) is 35.6 Å². The Bertz CT molecular complexity index is 636. The quantitative estimate of drug-likeness (QED) is 0.893. The predicted molar refractivity (Wildman–Crippen MR) is 90.0 cm³/mol. The second-order valence-corrected chi connectivity index (χ2v) is 7.14. The molecule has 132 valence electrons. The lowest BCUT2D eigenvalue weighted by Crippen LogP contribution is -2.47. The van der Waals surface area contributed by atoms with Crippen molar-refractivity contribution in [3.8, 4) is 0 Å². The van der Waals surface area contributed by atoms with E-state index >= 15 is 0 Å². The minimum Gasteiger partial charge on any atom is -0.456 e. The van der Waals surface area contributed by atoms with Gasteiger partial charge in [-0.25, -0.2) is 0 Å². The van der Waals surface area contributed by atoms with Gasteiger partial charge < -0.3 is 19.3 Å². The topological polar surface area (TPSA) is 74.0 Å². The Balaban J connectivity index is 1.72. The van der Waals surface area contributed by atoms with Gasteiger partial charge in [0.1, 0.15) is 5.76 Å². The first-order chi connectivity index (χ1) is 11.5. The third-order valence-corrected chi connectivity index (χ3v) is 4.98. The number of aliphatic hydroxyl groups excluding tert-OH is 1. The number of carbonyl (C=O) groups is 1. The highest BCUT2D eigenvalue weighted by Crippen LogP contribution is 2.25. The van der Waals surface area contributed by atoms with Crippen LogP contribution in [0, 0.1) is 18.8 Å². The summed E-state index contributed by atoms with van der Waals surface area (Å²) in [6, 6.07) is 2.63. The molecule has 3 heterocycles. The van der Waals surface area contributed by atoms with E-state index in [1.807, 2.05) is 0 Å². The van der Waals surface area contributed by atoms with E-state index in [-0.39, 0.29) is 29.6 Å². The number of nitrogens with zero attached hydrogens (tertiary/aromatic N) is 2. The highest BCUT2D eigenvalue weighted by atomic mass is 16.3. The molecule has 0 spiro atoms. The molecule has 3 rings (SSSR count). The fourth-order valence-electron chi connectivity index (χ4n) is 3.94. The minimum atomic E-state index is -0.250. The maximum atomic E-state index is 12.7. The summed E-state index contributed by atoms with van der Waals surface area (Å²) < 4.78 is 5.45. The van der Waals surface area contributed by atoms with Gasteiger partial charge in [0.25, 0.3) is 5.91 Å². The standard InChI is InChI=1S/C18H26N2O4/c1-13-6-16(22)8-17(24-13)18(23)20-10-14(7-15(11-20)12-21)9-19-4-2-3-5-19/h6,8,14-15,21H,2-5,7,9-12H2,1H3/t14-,15-/m1/s1. The van der Waals surface area contributed by atoms with Crippen LogP contribution in [0.5, 0.6) is 0 Å². The van der Waals surface area contributed by atoms with E-state index in [0.717, 1.165) is 26.1 Å². The Morgan fingerprint density at radius 1 is 1.25 bits per heavy atom. The molecule has 24 heavy (non-hydrogen) atoms. The van der Waals surface area contributed by atoms with Gasteiger partial charge in [0.2, 0.25) is 0 Å². The SMILES string of the molecule is Cc1cc(=O)cc(C(=O)N2C[C@H](CO)C[C@H](CN3CCCC3)C2)o1. The van der Waals surface area contributed by atoms with Crippen molar-refractivity contribution in [1.82, 2.24) is 9.80 Å². The van der Waals surface area contributed by atoms with Crippen LogP contribution >= 0.6 is 0 Å². The molecule has 1 aromatic heterocycles. The smallest absolute Gasteiger partial charge is 0.289 e. The number of hydrogen-bond acceptors (Lipinski definition) is 5. The summed E-state index contributed by atoms with van der Waals surface area (Å²) in [5, 5.41) is 9.60. The van der Waals surface area contributed by atoms with Crippen LogP contribution in [0.25, 0.3) is 0 Å². The fourth-order valence-corrected chi connectivity index (χ4v) is 3.94. The zero-order valence-corrected chi connectivity index (χ0v) is 14.2. The van der Waals surface area contributed by atoms with E-state index in [4.69, 9.17) is 4.42 Å². The monoisotopic (exact) mass is 334 g/mol. The molecule has 2 aliphatic rings. The zero-order chi connectivity index (χ0) is 17.1. The average molecular weight is 334 g/mol. The molecule has 0 bridgehead atoms. The number of likely N-dealkylation sites (tertiary alicyclic amines) is 2. The Morgan fingerprint density at radius 3 is 2.62 bits per heavy atom. The minimum absolute atomic E-state index is 0.0814. The molecule has 2 fully saturated rings. The average Bonchev–Trinajstić information content (AvgIpc) is 3.05. The first kappa shape index (κ1) is 17.2. The Labute approximate surface area is 142 Å². The molecule has 6 nitrogen and oxygen atoms in total. The van der Waals surface area contributed by atoms with E-state index in [1.165, 1.54) is 25.0 Å². The first-order valence-corrected chi connectivity index (χ1v) is 8.79. The summed E-state index contributed by atoms with van der Waals surface area (Å²) in [6.07, 6.45) is 3.43. The van der Waals surface area contributed by atoms with Crippen molar-refractivity contribution in [2.24, 2.45) is 11.8 Å². The van der Waals surface area contributed by atoms with Crippen LogP contribution in [0.3, 0.4) is 0 Å². The van der Waals surface area contributed by atoms with Gasteiger partial charge in [-0.05, 0) is 51.1 Å². The second kappa shape index (κ2) is 7.49. The molecule has 0 aliphatic carbocycles. The molecular weight excluding hydrogens is 308 g/mol. The molecule has 2 saturated heterocycles. The van der Waals surface area contributed by atoms with Crippen LogP contribution in [0.15, 0.2) is 21.3 Å². The number of rotatable bonds is 4. The molecule has 1 aromatic rings. The molecule has 0 unspecified atom stereocenters. The van der Waals surface area contributed by atoms with Crippen LogP contribution in [0.4, 0.5) is 0 Å². The summed E-state index contributed by atoms with van der Waals surface area (Å²) >= 11 is 0. The molecule has 0 radical (unpaired) electrons. The number of aliphatic hydroxyl groups is 1.